The van der Waals surface area contributed by atoms with E-state index in [4.69, 9.17) is 9.47 Å². The number of methoxy groups -OCH3 is 2. The third-order valence-electron chi connectivity index (χ3n) is 5.71. The quantitative estimate of drug-likeness (QED) is 0.429. The summed E-state index contributed by atoms with van der Waals surface area (Å²) in [5.41, 5.74) is 8.75. The summed E-state index contributed by atoms with van der Waals surface area (Å²) in [6, 6.07) is 25.5. The first-order chi connectivity index (χ1) is 14.3. The molecule has 5 rings (SSSR count). The van der Waals surface area contributed by atoms with Crippen LogP contribution in [0.3, 0.4) is 0 Å². The molecule has 3 heteroatoms. The second-order valence-electron chi connectivity index (χ2n) is 7.31. The first-order valence-corrected chi connectivity index (χ1v) is 9.89. The summed E-state index contributed by atoms with van der Waals surface area (Å²) in [5, 5.41) is 0. The lowest BCUT2D eigenvalue weighted by atomic mass is 9.90. The Bertz CT molecular complexity index is 1160. The number of nitrogens with zero attached hydrogens (tertiary/aromatic N) is 1. The van der Waals surface area contributed by atoms with Gasteiger partial charge in [-0.1, -0.05) is 60.7 Å². The van der Waals surface area contributed by atoms with Crippen LogP contribution in [0.2, 0.25) is 0 Å². The van der Waals surface area contributed by atoms with Crippen molar-refractivity contribution in [2.45, 2.75) is 13.0 Å². The van der Waals surface area contributed by atoms with E-state index in [-0.39, 0.29) is 0 Å². The number of hydrogen-bond donors (Lipinski definition) is 0. The van der Waals surface area contributed by atoms with Crippen LogP contribution in [-0.2, 0) is 13.0 Å². The highest BCUT2D eigenvalue weighted by Gasteiger charge is 2.26. The largest absolute Gasteiger partial charge is 0.493 e. The summed E-state index contributed by atoms with van der Waals surface area (Å²) in [4.78, 5) is 0. The fourth-order valence-corrected chi connectivity index (χ4v) is 4.34. The summed E-state index contributed by atoms with van der Waals surface area (Å²) < 4.78 is 13.6. The molecule has 0 fully saturated rings. The molecule has 4 aromatic rings. The highest BCUT2D eigenvalue weighted by Crippen LogP contribution is 2.47. The molecule has 0 radical (unpaired) electrons. The summed E-state index contributed by atoms with van der Waals surface area (Å²) in [6.45, 7) is 0.949. The second kappa shape index (κ2) is 7.17. The van der Waals surface area contributed by atoms with Crippen molar-refractivity contribution in [2.75, 3.05) is 14.2 Å². The minimum absolute atomic E-state index is 0.765. The van der Waals surface area contributed by atoms with Crippen LogP contribution in [0, 0.1) is 0 Å². The normalized spacial score (nSPS) is 12.2. The lowest BCUT2D eigenvalue weighted by molar-refractivity contribution is 0.354. The first kappa shape index (κ1) is 17.6. The standard InChI is InChI=1S/C26H23NO2/c1-28-23-15-20-13-14-27-17-22(18-9-5-3-6-10-18)25(19-11-7-4-8-12-19)26(27)21(20)16-24(23)29-2/h3-12,15-17H,13-14H2,1-2H3. The molecule has 0 saturated heterocycles. The SMILES string of the molecule is COc1cc2c(cc1OC)-c1c(-c3ccccc3)c(-c3ccccc3)cn1CC2. The van der Waals surface area contributed by atoms with Crippen LogP contribution < -0.4 is 9.47 Å². The van der Waals surface area contributed by atoms with Gasteiger partial charge in [0.05, 0.1) is 19.9 Å². The molecular formula is C26H23NO2. The molecular weight excluding hydrogens is 358 g/mol. The van der Waals surface area contributed by atoms with Crippen LogP contribution >= 0.6 is 0 Å². The molecule has 144 valence electrons. The zero-order valence-electron chi connectivity index (χ0n) is 16.7. The van der Waals surface area contributed by atoms with Crippen molar-refractivity contribution in [3.05, 3.63) is 84.6 Å². The fraction of sp³-hybridized carbons (Fsp3) is 0.154. The maximum absolute atomic E-state index is 5.62. The average molecular weight is 381 g/mol. The van der Waals surface area contributed by atoms with Gasteiger partial charge in [-0.3, -0.25) is 0 Å². The van der Waals surface area contributed by atoms with Crippen molar-refractivity contribution < 1.29 is 9.47 Å². The van der Waals surface area contributed by atoms with Crippen LogP contribution in [0.4, 0.5) is 0 Å². The van der Waals surface area contributed by atoms with E-state index in [2.05, 4.69) is 83.6 Å². The van der Waals surface area contributed by atoms with E-state index < -0.39 is 0 Å². The van der Waals surface area contributed by atoms with Gasteiger partial charge in [0.1, 0.15) is 0 Å². The van der Waals surface area contributed by atoms with Crippen molar-refractivity contribution in [3.8, 4) is 45.0 Å². The molecule has 1 aliphatic heterocycles. The van der Waals surface area contributed by atoms with Gasteiger partial charge < -0.3 is 14.0 Å². The van der Waals surface area contributed by atoms with Gasteiger partial charge in [-0.25, -0.2) is 0 Å². The van der Waals surface area contributed by atoms with Crippen molar-refractivity contribution in [1.82, 2.24) is 4.57 Å². The third-order valence-corrected chi connectivity index (χ3v) is 5.71. The van der Waals surface area contributed by atoms with Crippen LogP contribution in [0.1, 0.15) is 5.56 Å². The Hall–Kier alpha value is -3.46. The van der Waals surface area contributed by atoms with Gasteiger partial charge in [-0.05, 0) is 35.2 Å². The minimum Gasteiger partial charge on any atom is -0.493 e. The number of aromatic nitrogens is 1. The number of hydrogen-bond acceptors (Lipinski definition) is 2. The average Bonchev–Trinajstić information content (AvgIpc) is 3.19. The third kappa shape index (κ3) is 2.90. The Morgan fingerprint density at radius 1 is 0.724 bits per heavy atom. The molecule has 0 amide bonds. The van der Waals surface area contributed by atoms with Gasteiger partial charge in [-0.15, -0.1) is 0 Å². The zero-order chi connectivity index (χ0) is 19.8. The molecule has 3 nitrogen and oxygen atoms in total. The van der Waals surface area contributed by atoms with Gasteiger partial charge >= 0.3 is 0 Å². The molecule has 0 unspecified atom stereocenters. The first-order valence-electron chi connectivity index (χ1n) is 9.89. The Balaban J connectivity index is 1.82. The Labute approximate surface area is 171 Å². The van der Waals surface area contributed by atoms with E-state index in [1.807, 2.05) is 0 Å². The number of benzene rings is 3. The molecule has 0 spiro atoms. The second-order valence-corrected chi connectivity index (χ2v) is 7.31. The van der Waals surface area contributed by atoms with E-state index in [1.54, 1.807) is 14.2 Å². The monoisotopic (exact) mass is 381 g/mol. The molecule has 0 bridgehead atoms. The number of rotatable bonds is 4. The summed E-state index contributed by atoms with van der Waals surface area (Å²) in [5.74, 6) is 1.55. The summed E-state index contributed by atoms with van der Waals surface area (Å²) in [6.07, 6.45) is 3.27. The van der Waals surface area contributed by atoms with Gasteiger partial charge in [0, 0.05) is 29.4 Å². The predicted molar refractivity (Wildman–Crippen MR) is 118 cm³/mol. The Morgan fingerprint density at radius 3 is 2.00 bits per heavy atom. The maximum Gasteiger partial charge on any atom is 0.161 e. The highest BCUT2D eigenvalue weighted by molar-refractivity contribution is 5.95. The van der Waals surface area contributed by atoms with E-state index in [1.165, 1.54) is 39.1 Å². The molecule has 0 saturated carbocycles. The maximum atomic E-state index is 5.62. The number of fused-ring (bicyclic) bond motifs is 3. The Morgan fingerprint density at radius 2 is 1.34 bits per heavy atom. The molecule has 29 heavy (non-hydrogen) atoms. The Kier molecular flexibility index (Phi) is 4.36. The summed E-state index contributed by atoms with van der Waals surface area (Å²) >= 11 is 0. The molecule has 2 heterocycles. The van der Waals surface area contributed by atoms with Gasteiger partial charge in [-0.2, -0.15) is 0 Å². The number of ether oxygens (including phenoxy) is 2. The van der Waals surface area contributed by atoms with E-state index in [0.717, 1.165) is 24.5 Å². The summed E-state index contributed by atoms with van der Waals surface area (Å²) in [7, 11) is 3.39. The van der Waals surface area contributed by atoms with Crippen LogP contribution in [0.5, 0.6) is 11.5 Å². The van der Waals surface area contributed by atoms with Crippen LogP contribution in [0.25, 0.3) is 33.5 Å². The van der Waals surface area contributed by atoms with Gasteiger partial charge in [0.2, 0.25) is 0 Å². The van der Waals surface area contributed by atoms with Gasteiger partial charge in [0.15, 0.2) is 11.5 Å². The highest BCUT2D eigenvalue weighted by atomic mass is 16.5. The zero-order valence-corrected chi connectivity index (χ0v) is 16.7. The van der Waals surface area contributed by atoms with E-state index in [9.17, 15) is 0 Å². The van der Waals surface area contributed by atoms with E-state index in [0.29, 0.717) is 0 Å². The van der Waals surface area contributed by atoms with Crippen molar-refractivity contribution in [3.63, 3.8) is 0 Å². The number of aryl methyl sites for hydroxylation is 2. The van der Waals surface area contributed by atoms with Crippen LogP contribution in [-0.4, -0.2) is 18.8 Å². The minimum atomic E-state index is 0.765. The molecule has 1 aromatic heterocycles. The molecule has 0 atom stereocenters. The molecule has 0 aliphatic carbocycles. The lowest BCUT2D eigenvalue weighted by Gasteiger charge is -2.23. The molecule has 0 N–H and O–H groups in total. The van der Waals surface area contributed by atoms with E-state index >= 15 is 0 Å². The van der Waals surface area contributed by atoms with Crippen molar-refractivity contribution in [2.24, 2.45) is 0 Å². The molecule has 1 aliphatic rings. The topological polar surface area (TPSA) is 23.4 Å². The predicted octanol–water partition coefficient (Wildman–Crippen LogP) is 6.06. The molecule has 3 aromatic carbocycles. The van der Waals surface area contributed by atoms with Crippen LogP contribution in [0.15, 0.2) is 79.0 Å². The lowest BCUT2D eigenvalue weighted by Crippen LogP contribution is -2.10. The van der Waals surface area contributed by atoms with Crippen molar-refractivity contribution in [1.29, 1.82) is 0 Å². The van der Waals surface area contributed by atoms with Crippen molar-refractivity contribution >= 4 is 0 Å². The smallest absolute Gasteiger partial charge is 0.161 e. The van der Waals surface area contributed by atoms with Gasteiger partial charge in [0.25, 0.3) is 0 Å². The fourth-order valence-electron chi connectivity index (χ4n) is 4.34.